The van der Waals surface area contributed by atoms with Crippen LogP contribution >= 0.6 is 0 Å². The highest BCUT2D eigenvalue weighted by atomic mass is 16.3. The van der Waals surface area contributed by atoms with Crippen molar-refractivity contribution >= 4 is 180 Å². The molecule has 0 bridgehead atoms. The predicted molar refractivity (Wildman–Crippen MR) is 620 cm³/mol. The highest BCUT2D eigenvalue weighted by molar-refractivity contribution is 6.18. The predicted octanol–water partition coefficient (Wildman–Crippen LogP) is 36.2. The summed E-state index contributed by atoms with van der Waals surface area (Å²) in [5.74, 6) is 0. The fourth-order valence-electron chi connectivity index (χ4n) is 24.4. The molecule has 0 aliphatic rings. The SMILES string of the molecule is Cc1c(-c2ccc3oc4ccccc4c3c2)cc(-n2c3ccccc3c3cc(-n4c5ccccc5c5ccccc54)ccc32)c(C)c1-c1ccccn1.Cc1c(-c2ccc3oc4ccccc4c3c2)cc(-n2c3ccccc3c3cc(C#N)ccc32)c(C)c1-c1ccccn1.[C-]#[N+]c1ccc2c(c1)c1ccccc1n2-c1cc(-n2c3ccccc3c3cc(-n4c5ccccc5c5ccccc54)ccc32)c(C)c(-c2ccccn2)c1C. The van der Waals surface area contributed by atoms with E-state index >= 15 is 0 Å². The summed E-state index contributed by atoms with van der Waals surface area (Å²) in [6.07, 6.45) is 5.62. The van der Waals surface area contributed by atoms with Gasteiger partial charge >= 0.3 is 0 Å². The molecule has 0 N–H and O–H groups in total. The van der Waals surface area contributed by atoms with Crippen LogP contribution in [0, 0.1) is 59.4 Å². The van der Waals surface area contributed by atoms with E-state index in [9.17, 15) is 5.26 Å². The third-order valence-corrected chi connectivity index (χ3v) is 31.1. The molecule has 150 heavy (non-hydrogen) atoms. The van der Waals surface area contributed by atoms with Gasteiger partial charge in [0.15, 0.2) is 5.69 Å². The lowest BCUT2D eigenvalue weighted by Crippen LogP contribution is -2.06. The van der Waals surface area contributed by atoms with Gasteiger partial charge < -0.3 is 36.2 Å². The molecule has 30 aromatic rings. The fourth-order valence-corrected chi connectivity index (χ4v) is 24.4. The molecule has 13 nitrogen and oxygen atoms in total. The Morgan fingerprint density at radius 2 is 0.500 bits per heavy atom. The lowest BCUT2D eigenvalue weighted by Gasteiger charge is -2.22. The number of pyridine rings is 3. The molecule has 0 radical (unpaired) electrons. The van der Waals surface area contributed by atoms with E-state index in [4.69, 9.17) is 30.4 Å². The van der Waals surface area contributed by atoms with E-state index in [-0.39, 0.29) is 0 Å². The molecule has 0 aliphatic heterocycles. The first-order valence-corrected chi connectivity index (χ1v) is 50.8. The number of rotatable bonds is 11. The van der Waals surface area contributed by atoms with Gasteiger partial charge in [-0.1, -0.05) is 218 Å². The smallest absolute Gasteiger partial charge is 0.188 e. The van der Waals surface area contributed by atoms with Crippen molar-refractivity contribution in [1.29, 1.82) is 5.26 Å². The van der Waals surface area contributed by atoms with Crippen LogP contribution in [0.5, 0.6) is 0 Å². The van der Waals surface area contributed by atoms with Crippen LogP contribution in [0.25, 0.3) is 270 Å². The molecule has 11 heterocycles. The summed E-state index contributed by atoms with van der Waals surface area (Å²) in [6.45, 7) is 21.1. The van der Waals surface area contributed by atoms with Crippen molar-refractivity contribution in [3.05, 3.63) is 494 Å². The normalized spacial score (nSPS) is 11.8. The van der Waals surface area contributed by atoms with Gasteiger partial charge in [0.05, 0.1) is 124 Å². The third kappa shape index (κ3) is 13.7. The first-order valence-electron chi connectivity index (χ1n) is 50.8. The summed E-state index contributed by atoms with van der Waals surface area (Å²) in [4.78, 5) is 18.4. The second-order valence-corrected chi connectivity index (χ2v) is 39.1. The van der Waals surface area contributed by atoms with Gasteiger partial charge in [-0.05, 0) is 309 Å². The summed E-state index contributed by atoms with van der Waals surface area (Å²) < 4.78 is 26.8. The number of para-hydroxylation sites is 10. The number of nitriles is 1. The minimum absolute atomic E-state index is 0.636. The summed E-state index contributed by atoms with van der Waals surface area (Å²) in [7, 11) is 0. The lowest BCUT2D eigenvalue weighted by atomic mass is 9.89. The molecule has 30 rings (SSSR count). The topological polar surface area (TPSA) is 123 Å². The average Bonchev–Trinajstić information content (AvgIpc) is 1.55. The first kappa shape index (κ1) is 87.8. The molecule has 0 saturated carbocycles. The molecule has 706 valence electrons. The standard InChI is InChI=1S/C50H33N5.C49H33N3O.C38H25N3O/c1-31-48(54-44-21-10-6-16-37(44)39-28-33(51-3)23-25-46(39)54)30-49(32(2)50(31)41-18-12-13-27-52-41)55-45-22-11-7-17-38(45)40-29-34(24-26-47(40)55)53-42-19-8-4-14-35(42)36-15-5-9-20-43(36)53;1-30-38(32-22-25-48-40(27-32)37-16-6-10-21-47(37)53-48)29-46(31(2)49(30)41-17-11-12-26-50-41)52-44-20-9-5-15-36(44)39-28-33(23-24-45(39)52)51-42-18-7-3-13-34(42)35-14-4-8-19-43(35)51;1-23-29(26-15-17-37-31(20-26)28-10-4-6-13-36(28)42-37)21-35(24(2)38(23)32-11-7-8-18-40-32)41-33-12-5-3-9-27(33)30-19-25(22-39)14-16-34(30)41/h4-30H,1-2H3;3-29H,1-2H3;3-21H,1-2H3. The van der Waals surface area contributed by atoms with Crippen LogP contribution in [0.1, 0.15) is 38.9 Å². The number of fused-ring (bicyclic) bond motifs is 24. The zero-order valence-electron chi connectivity index (χ0n) is 82.9. The van der Waals surface area contributed by atoms with Crippen molar-refractivity contribution in [1.82, 2.24) is 42.4 Å². The molecule has 0 amide bonds. The minimum Gasteiger partial charge on any atom is -0.456 e. The van der Waals surface area contributed by atoms with Crippen LogP contribution in [-0.4, -0.2) is 42.4 Å². The Balaban J connectivity index is 0.000000109. The van der Waals surface area contributed by atoms with Crippen molar-refractivity contribution in [3.63, 3.8) is 0 Å². The van der Waals surface area contributed by atoms with Crippen LogP contribution < -0.4 is 0 Å². The van der Waals surface area contributed by atoms with Crippen molar-refractivity contribution in [2.45, 2.75) is 41.5 Å². The Bertz CT molecular complexity index is 10900. The number of aromatic nitrogens is 9. The molecule has 13 heteroatoms. The summed E-state index contributed by atoms with van der Waals surface area (Å²) in [6, 6.07) is 152. The van der Waals surface area contributed by atoms with Crippen molar-refractivity contribution in [2.75, 3.05) is 0 Å². The van der Waals surface area contributed by atoms with Crippen LogP contribution in [0.2, 0.25) is 0 Å². The molecule has 0 unspecified atom stereocenters. The van der Waals surface area contributed by atoms with E-state index in [2.05, 4.69) is 432 Å². The van der Waals surface area contributed by atoms with Crippen LogP contribution in [0.3, 0.4) is 0 Å². The number of benzene rings is 19. The van der Waals surface area contributed by atoms with Gasteiger partial charge in [-0.15, -0.1) is 0 Å². The van der Waals surface area contributed by atoms with Crippen molar-refractivity contribution in [3.8, 4) is 96.2 Å². The summed E-state index contributed by atoms with van der Waals surface area (Å²) >= 11 is 0. The molecular weight excluding hydrogens is 1830 g/mol. The molecule has 11 aromatic heterocycles. The van der Waals surface area contributed by atoms with E-state index in [1.54, 1.807) is 0 Å². The highest BCUT2D eigenvalue weighted by Crippen LogP contribution is 2.50. The van der Waals surface area contributed by atoms with Gasteiger partial charge in [0, 0.05) is 127 Å². The molecule has 0 atom stereocenters. The van der Waals surface area contributed by atoms with Crippen LogP contribution in [0.4, 0.5) is 5.69 Å². The average molecular weight is 1920 g/mol. The lowest BCUT2D eigenvalue weighted by molar-refractivity contribution is 0.668. The van der Waals surface area contributed by atoms with E-state index in [1.165, 1.54) is 92.9 Å². The monoisotopic (exact) mass is 1920 g/mol. The van der Waals surface area contributed by atoms with Gasteiger partial charge in [-0.25, -0.2) is 4.85 Å². The Kier molecular flexibility index (Phi) is 20.4. The quantitative estimate of drug-likeness (QED) is 0.119. The van der Waals surface area contributed by atoms with Gasteiger partial charge in [-0.2, -0.15) is 5.26 Å². The van der Waals surface area contributed by atoms with Gasteiger partial charge in [0.25, 0.3) is 0 Å². The second-order valence-electron chi connectivity index (χ2n) is 39.1. The highest BCUT2D eigenvalue weighted by Gasteiger charge is 2.30. The Labute approximate surface area is 862 Å². The number of nitrogens with zero attached hydrogens (tertiary/aromatic N) is 11. The first-order chi connectivity index (χ1) is 73.9. The molecular formula is C137H91N11O2. The maximum atomic E-state index is 9.65. The van der Waals surface area contributed by atoms with Gasteiger partial charge in [0.2, 0.25) is 0 Å². The van der Waals surface area contributed by atoms with Crippen molar-refractivity contribution in [2.24, 2.45) is 0 Å². The van der Waals surface area contributed by atoms with Gasteiger partial charge in [-0.3, -0.25) is 15.0 Å². The minimum atomic E-state index is 0.636. The van der Waals surface area contributed by atoms with E-state index in [0.29, 0.717) is 11.3 Å². The zero-order chi connectivity index (χ0) is 100. The zero-order valence-corrected chi connectivity index (χ0v) is 82.9. The maximum absolute atomic E-state index is 9.65. The van der Waals surface area contributed by atoms with Crippen LogP contribution in [0.15, 0.2) is 452 Å². The van der Waals surface area contributed by atoms with Gasteiger partial charge in [0.1, 0.15) is 22.3 Å². The fraction of sp³-hybridized carbons (Fsp3) is 0.0438. The molecule has 0 aliphatic carbocycles. The molecule has 19 aromatic carbocycles. The molecule has 0 fully saturated rings. The van der Waals surface area contributed by atoms with Crippen LogP contribution in [-0.2, 0) is 0 Å². The second kappa shape index (κ2) is 34.9. The van der Waals surface area contributed by atoms with E-state index in [0.717, 1.165) is 205 Å². The van der Waals surface area contributed by atoms with E-state index in [1.807, 2.05) is 91.4 Å². The van der Waals surface area contributed by atoms with E-state index < -0.39 is 0 Å². The number of furan rings is 2. The Morgan fingerprint density at radius 1 is 0.227 bits per heavy atom. The summed E-state index contributed by atoms with van der Waals surface area (Å²) in [5.41, 5.74) is 43.1. The summed E-state index contributed by atoms with van der Waals surface area (Å²) in [5, 5.41) is 28.3. The Hall–Kier alpha value is -20.0. The molecule has 0 spiro atoms. The third-order valence-electron chi connectivity index (χ3n) is 31.1. The number of hydrogen-bond donors (Lipinski definition) is 0. The molecule has 0 saturated heterocycles. The number of hydrogen-bond acceptors (Lipinski definition) is 6. The maximum Gasteiger partial charge on any atom is 0.188 e. The largest absolute Gasteiger partial charge is 0.456 e. The van der Waals surface area contributed by atoms with Crippen molar-refractivity contribution < 1.29 is 8.83 Å². The Morgan fingerprint density at radius 3 is 0.840 bits per heavy atom.